The van der Waals surface area contributed by atoms with E-state index in [0.717, 1.165) is 22.5 Å². The maximum absolute atomic E-state index is 6.04. The quantitative estimate of drug-likeness (QED) is 0.663. The summed E-state index contributed by atoms with van der Waals surface area (Å²) in [6, 6.07) is 17.1. The molecule has 0 spiro atoms. The number of halogens is 2. The molecule has 1 unspecified atom stereocenters. The Bertz CT molecular complexity index is 569. The zero-order valence-electron chi connectivity index (χ0n) is 12.4. The Balaban J connectivity index is 2.07. The van der Waals surface area contributed by atoms with Crippen LogP contribution in [-0.2, 0) is 6.54 Å². The largest absolute Gasteiger partial charge is 0.306 e. The number of hydrogen-bond donors (Lipinski definition) is 1. The average molecular weight is 367 g/mol. The Labute approximate surface area is 140 Å². The fourth-order valence-corrected chi connectivity index (χ4v) is 2.93. The van der Waals surface area contributed by atoms with Gasteiger partial charge in [0.25, 0.3) is 0 Å². The highest BCUT2D eigenvalue weighted by Gasteiger charge is 2.12. The molecular formula is C18H21BrClN. The minimum Gasteiger partial charge on any atom is -0.306 e. The van der Waals surface area contributed by atoms with E-state index in [9.17, 15) is 0 Å². The van der Waals surface area contributed by atoms with Crippen LogP contribution in [0.5, 0.6) is 0 Å². The lowest BCUT2D eigenvalue weighted by molar-refractivity contribution is 0.428. The van der Waals surface area contributed by atoms with Gasteiger partial charge in [-0.1, -0.05) is 61.8 Å². The highest BCUT2D eigenvalue weighted by molar-refractivity contribution is 9.10. The third-order valence-corrected chi connectivity index (χ3v) is 4.66. The SMILES string of the molecule is CC(C)CC(NCc1ccc(Cl)c(Br)c1)c1ccccc1. The molecule has 3 heteroatoms. The van der Waals surface area contributed by atoms with Gasteiger partial charge in [0, 0.05) is 17.1 Å². The summed E-state index contributed by atoms with van der Waals surface area (Å²) < 4.78 is 0.948. The van der Waals surface area contributed by atoms with E-state index in [1.807, 2.05) is 6.07 Å². The van der Waals surface area contributed by atoms with Crippen LogP contribution in [0.4, 0.5) is 0 Å². The summed E-state index contributed by atoms with van der Waals surface area (Å²) >= 11 is 9.52. The van der Waals surface area contributed by atoms with Crippen molar-refractivity contribution in [1.82, 2.24) is 5.32 Å². The van der Waals surface area contributed by atoms with Crippen molar-refractivity contribution in [1.29, 1.82) is 0 Å². The molecular weight excluding hydrogens is 346 g/mol. The van der Waals surface area contributed by atoms with E-state index in [2.05, 4.69) is 77.6 Å². The zero-order valence-corrected chi connectivity index (χ0v) is 14.8. The van der Waals surface area contributed by atoms with Crippen molar-refractivity contribution in [3.63, 3.8) is 0 Å². The van der Waals surface area contributed by atoms with Crippen molar-refractivity contribution < 1.29 is 0 Å². The second kappa shape index (κ2) is 7.98. The molecule has 1 atom stereocenters. The molecule has 21 heavy (non-hydrogen) atoms. The van der Waals surface area contributed by atoms with Crippen LogP contribution >= 0.6 is 27.5 Å². The van der Waals surface area contributed by atoms with Gasteiger partial charge < -0.3 is 5.32 Å². The molecule has 0 bridgehead atoms. The first-order valence-corrected chi connectivity index (χ1v) is 8.45. The van der Waals surface area contributed by atoms with Crippen LogP contribution in [0.2, 0.25) is 5.02 Å². The van der Waals surface area contributed by atoms with Gasteiger partial charge in [-0.25, -0.2) is 0 Å². The van der Waals surface area contributed by atoms with Gasteiger partial charge in [-0.15, -0.1) is 0 Å². The second-order valence-electron chi connectivity index (χ2n) is 5.72. The van der Waals surface area contributed by atoms with E-state index in [1.165, 1.54) is 11.1 Å². The van der Waals surface area contributed by atoms with Gasteiger partial charge in [0.2, 0.25) is 0 Å². The zero-order chi connectivity index (χ0) is 15.2. The first-order valence-electron chi connectivity index (χ1n) is 7.28. The number of hydrogen-bond acceptors (Lipinski definition) is 1. The normalized spacial score (nSPS) is 12.6. The van der Waals surface area contributed by atoms with Crippen molar-refractivity contribution in [2.45, 2.75) is 32.9 Å². The lowest BCUT2D eigenvalue weighted by Crippen LogP contribution is -2.22. The summed E-state index contributed by atoms with van der Waals surface area (Å²) in [6.45, 7) is 5.36. The molecule has 0 aromatic heterocycles. The fourth-order valence-electron chi connectivity index (χ4n) is 2.38. The Hall–Kier alpha value is -0.830. The lowest BCUT2D eigenvalue weighted by Gasteiger charge is -2.21. The number of rotatable bonds is 6. The molecule has 0 amide bonds. The maximum atomic E-state index is 6.04. The predicted molar refractivity (Wildman–Crippen MR) is 94.6 cm³/mol. The van der Waals surface area contributed by atoms with E-state index in [4.69, 9.17) is 11.6 Å². The topological polar surface area (TPSA) is 12.0 Å². The molecule has 2 aromatic carbocycles. The maximum Gasteiger partial charge on any atom is 0.0548 e. The number of nitrogens with one attached hydrogen (secondary N) is 1. The summed E-state index contributed by atoms with van der Waals surface area (Å²) in [4.78, 5) is 0. The minimum atomic E-state index is 0.376. The molecule has 2 aromatic rings. The minimum absolute atomic E-state index is 0.376. The third kappa shape index (κ3) is 5.14. The van der Waals surface area contributed by atoms with Crippen LogP contribution in [0.25, 0.3) is 0 Å². The molecule has 2 rings (SSSR count). The van der Waals surface area contributed by atoms with Gasteiger partial charge in [0.05, 0.1) is 5.02 Å². The third-order valence-electron chi connectivity index (χ3n) is 3.45. The van der Waals surface area contributed by atoms with Gasteiger partial charge in [0.1, 0.15) is 0 Å². The molecule has 0 radical (unpaired) electrons. The van der Waals surface area contributed by atoms with Crippen LogP contribution in [0.3, 0.4) is 0 Å². The summed E-state index contributed by atoms with van der Waals surface area (Å²) in [7, 11) is 0. The lowest BCUT2D eigenvalue weighted by atomic mass is 9.97. The highest BCUT2D eigenvalue weighted by atomic mass is 79.9. The molecule has 1 N–H and O–H groups in total. The molecule has 0 aliphatic rings. The van der Waals surface area contributed by atoms with Gasteiger partial charge in [-0.05, 0) is 51.5 Å². The Morgan fingerprint density at radius 2 is 1.81 bits per heavy atom. The highest BCUT2D eigenvalue weighted by Crippen LogP contribution is 2.25. The van der Waals surface area contributed by atoms with E-state index in [-0.39, 0.29) is 0 Å². The van der Waals surface area contributed by atoms with Gasteiger partial charge in [-0.2, -0.15) is 0 Å². The van der Waals surface area contributed by atoms with E-state index >= 15 is 0 Å². The molecule has 1 nitrogen and oxygen atoms in total. The first kappa shape index (κ1) is 16.5. The molecule has 0 heterocycles. The molecule has 0 aliphatic carbocycles. The fraction of sp³-hybridized carbons (Fsp3) is 0.333. The van der Waals surface area contributed by atoms with E-state index in [0.29, 0.717) is 12.0 Å². The van der Waals surface area contributed by atoms with Gasteiger partial charge in [-0.3, -0.25) is 0 Å². The Morgan fingerprint density at radius 1 is 1.10 bits per heavy atom. The molecule has 0 saturated heterocycles. The molecule has 0 aliphatic heterocycles. The van der Waals surface area contributed by atoms with E-state index < -0.39 is 0 Å². The van der Waals surface area contributed by atoms with E-state index in [1.54, 1.807) is 0 Å². The van der Waals surface area contributed by atoms with Crippen molar-refractivity contribution in [2.75, 3.05) is 0 Å². The Kier molecular flexibility index (Phi) is 6.28. The molecule has 0 saturated carbocycles. The van der Waals surface area contributed by atoms with Crippen molar-refractivity contribution in [3.8, 4) is 0 Å². The van der Waals surface area contributed by atoms with Gasteiger partial charge in [0.15, 0.2) is 0 Å². The predicted octanol–water partition coefficient (Wildman–Crippen LogP) is 5.98. The molecule has 112 valence electrons. The van der Waals surface area contributed by atoms with Crippen LogP contribution in [0.15, 0.2) is 53.0 Å². The van der Waals surface area contributed by atoms with Gasteiger partial charge >= 0.3 is 0 Å². The standard InChI is InChI=1S/C18H21BrClN/c1-13(2)10-18(15-6-4-3-5-7-15)21-12-14-8-9-17(20)16(19)11-14/h3-9,11,13,18,21H,10,12H2,1-2H3. The summed E-state index contributed by atoms with van der Waals surface area (Å²) in [6.07, 6.45) is 1.12. The van der Waals surface area contributed by atoms with Crippen LogP contribution in [-0.4, -0.2) is 0 Å². The summed E-state index contributed by atoms with van der Waals surface area (Å²) in [5, 5.41) is 4.42. The summed E-state index contributed by atoms with van der Waals surface area (Å²) in [5.41, 5.74) is 2.58. The average Bonchev–Trinajstić information content (AvgIpc) is 2.47. The van der Waals surface area contributed by atoms with Crippen LogP contribution in [0, 0.1) is 5.92 Å². The van der Waals surface area contributed by atoms with Crippen LogP contribution < -0.4 is 5.32 Å². The van der Waals surface area contributed by atoms with Crippen molar-refractivity contribution in [3.05, 3.63) is 69.2 Å². The second-order valence-corrected chi connectivity index (χ2v) is 6.98. The van der Waals surface area contributed by atoms with Crippen LogP contribution in [0.1, 0.15) is 37.4 Å². The van der Waals surface area contributed by atoms with Crippen molar-refractivity contribution in [2.24, 2.45) is 5.92 Å². The summed E-state index contributed by atoms with van der Waals surface area (Å²) in [5.74, 6) is 0.652. The van der Waals surface area contributed by atoms with Crippen molar-refractivity contribution >= 4 is 27.5 Å². The first-order chi connectivity index (χ1) is 10.1. The smallest absolute Gasteiger partial charge is 0.0548 e. The monoisotopic (exact) mass is 365 g/mol. The Morgan fingerprint density at radius 3 is 2.43 bits per heavy atom. The number of benzene rings is 2. The molecule has 0 fully saturated rings.